The van der Waals surface area contributed by atoms with E-state index in [1.165, 1.54) is 0 Å². The first-order valence-electron chi connectivity index (χ1n) is 4.86. The molecule has 0 spiro atoms. The minimum absolute atomic E-state index is 0.580. The van der Waals surface area contributed by atoms with Gasteiger partial charge in [0.15, 0.2) is 5.82 Å². The Labute approximate surface area is 93.4 Å². The molecule has 0 aliphatic carbocycles. The highest BCUT2D eigenvalue weighted by Gasteiger charge is 2.09. The topological polar surface area (TPSA) is 67.4 Å². The van der Waals surface area contributed by atoms with Crippen molar-refractivity contribution < 1.29 is 0 Å². The lowest BCUT2D eigenvalue weighted by Crippen LogP contribution is -1.93. The fourth-order valence-corrected chi connectivity index (χ4v) is 1.37. The van der Waals surface area contributed by atoms with Crippen LogP contribution < -0.4 is 0 Å². The Morgan fingerprint density at radius 3 is 2.62 bits per heavy atom. The molecule has 0 amide bonds. The van der Waals surface area contributed by atoms with E-state index in [4.69, 9.17) is 5.26 Å². The quantitative estimate of drug-likeness (QED) is 0.717. The zero-order valence-electron chi connectivity index (χ0n) is 9.39. The van der Waals surface area contributed by atoms with Crippen molar-refractivity contribution in [1.82, 2.24) is 19.7 Å². The predicted molar refractivity (Wildman–Crippen MR) is 58.4 cm³/mol. The second kappa shape index (κ2) is 3.74. The van der Waals surface area contributed by atoms with Gasteiger partial charge in [-0.3, -0.25) is 9.67 Å². The van der Waals surface area contributed by atoms with Gasteiger partial charge >= 0.3 is 0 Å². The SMILES string of the molecule is Cc1cc(-c2nc(C)n(C)n2)ncc1C#N. The van der Waals surface area contributed by atoms with Crippen LogP contribution in [0.2, 0.25) is 0 Å². The average Bonchev–Trinajstić information content (AvgIpc) is 2.59. The first-order valence-corrected chi connectivity index (χ1v) is 4.86. The second-order valence-corrected chi connectivity index (χ2v) is 3.60. The number of pyridine rings is 1. The summed E-state index contributed by atoms with van der Waals surface area (Å²) in [4.78, 5) is 8.46. The molecule has 2 aromatic rings. The van der Waals surface area contributed by atoms with E-state index >= 15 is 0 Å². The maximum Gasteiger partial charge on any atom is 0.199 e. The van der Waals surface area contributed by atoms with Crippen LogP contribution in [0.25, 0.3) is 11.5 Å². The molecule has 0 unspecified atom stereocenters. The van der Waals surface area contributed by atoms with E-state index in [9.17, 15) is 0 Å². The summed E-state index contributed by atoms with van der Waals surface area (Å²) in [5.41, 5.74) is 2.16. The first-order chi connectivity index (χ1) is 7.61. The van der Waals surface area contributed by atoms with Crippen molar-refractivity contribution in [3.05, 3.63) is 29.2 Å². The van der Waals surface area contributed by atoms with Gasteiger partial charge in [0.25, 0.3) is 0 Å². The molecule has 0 aliphatic rings. The highest BCUT2D eigenvalue weighted by molar-refractivity contribution is 5.52. The van der Waals surface area contributed by atoms with E-state index in [0.29, 0.717) is 17.1 Å². The fraction of sp³-hybridized carbons (Fsp3) is 0.273. The molecular weight excluding hydrogens is 202 g/mol. The summed E-state index contributed by atoms with van der Waals surface area (Å²) in [5.74, 6) is 1.42. The Kier molecular flexibility index (Phi) is 2.41. The van der Waals surface area contributed by atoms with E-state index in [1.54, 1.807) is 10.9 Å². The minimum Gasteiger partial charge on any atom is -0.253 e. The minimum atomic E-state index is 0.580. The summed E-state index contributed by atoms with van der Waals surface area (Å²) < 4.78 is 1.70. The number of nitriles is 1. The summed E-state index contributed by atoms with van der Waals surface area (Å²) in [6, 6.07) is 3.91. The predicted octanol–water partition coefficient (Wildman–Crippen LogP) is 1.37. The third kappa shape index (κ3) is 1.65. The van der Waals surface area contributed by atoms with Gasteiger partial charge in [0, 0.05) is 13.2 Å². The summed E-state index contributed by atoms with van der Waals surface area (Å²) in [6.45, 7) is 3.76. The molecule has 5 nitrogen and oxygen atoms in total. The zero-order valence-corrected chi connectivity index (χ0v) is 9.39. The van der Waals surface area contributed by atoms with Gasteiger partial charge < -0.3 is 0 Å². The van der Waals surface area contributed by atoms with Crippen LogP contribution in [0, 0.1) is 25.2 Å². The van der Waals surface area contributed by atoms with Gasteiger partial charge in [0.2, 0.25) is 0 Å². The number of nitrogens with zero attached hydrogens (tertiary/aromatic N) is 5. The van der Waals surface area contributed by atoms with Crippen LogP contribution in [0.1, 0.15) is 17.0 Å². The number of aryl methyl sites for hydroxylation is 3. The van der Waals surface area contributed by atoms with E-state index in [0.717, 1.165) is 11.4 Å². The summed E-state index contributed by atoms with van der Waals surface area (Å²) in [6.07, 6.45) is 1.55. The third-order valence-electron chi connectivity index (χ3n) is 2.44. The smallest absolute Gasteiger partial charge is 0.199 e. The van der Waals surface area contributed by atoms with E-state index in [1.807, 2.05) is 27.0 Å². The van der Waals surface area contributed by atoms with Gasteiger partial charge in [-0.15, -0.1) is 5.10 Å². The molecule has 0 radical (unpaired) electrons. The number of rotatable bonds is 1. The maximum absolute atomic E-state index is 8.80. The Morgan fingerprint density at radius 2 is 2.12 bits per heavy atom. The molecule has 0 saturated carbocycles. The van der Waals surface area contributed by atoms with Gasteiger partial charge in [0.1, 0.15) is 17.6 Å². The van der Waals surface area contributed by atoms with Crippen LogP contribution in [0.5, 0.6) is 0 Å². The van der Waals surface area contributed by atoms with Crippen molar-refractivity contribution in [3.63, 3.8) is 0 Å². The molecule has 0 bridgehead atoms. The van der Waals surface area contributed by atoms with Gasteiger partial charge in [-0.1, -0.05) is 0 Å². The van der Waals surface area contributed by atoms with Crippen molar-refractivity contribution in [2.24, 2.45) is 7.05 Å². The van der Waals surface area contributed by atoms with Gasteiger partial charge in [-0.05, 0) is 25.5 Å². The average molecular weight is 213 g/mol. The molecule has 2 aromatic heterocycles. The molecule has 0 atom stereocenters. The summed E-state index contributed by atoms with van der Waals surface area (Å²) in [7, 11) is 1.84. The molecule has 0 N–H and O–H groups in total. The molecule has 2 heterocycles. The van der Waals surface area contributed by atoms with Crippen LogP contribution >= 0.6 is 0 Å². The van der Waals surface area contributed by atoms with Crippen LogP contribution in [-0.2, 0) is 7.05 Å². The van der Waals surface area contributed by atoms with Gasteiger partial charge in [-0.2, -0.15) is 5.26 Å². The largest absolute Gasteiger partial charge is 0.253 e. The highest BCUT2D eigenvalue weighted by Crippen LogP contribution is 2.15. The zero-order chi connectivity index (χ0) is 11.7. The van der Waals surface area contributed by atoms with Crippen LogP contribution in [0.4, 0.5) is 0 Å². The van der Waals surface area contributed by atoms with E-state index < -0.39 is 0 Å². The van der Waals surface area contributed by atoms with E-state index in [2.05, 4.69) is 21.1 Å². The molecule has 5 heteroatoms. The second-order valence-electron chi connectivity index (χ2n) is 3.60. The normalized spacial score (nSPS) is 10.1. The standard InChI is InChI=1S/C11H11N5/c1-7-4-10(13-6-9(7)5-12)11-14-8(2)16(3)15-11/h4,6H,1-3H3. The molecular formula is C11H11N5. The van der Waals surface area contributed by atoms with Crippen molar-refractivity contribution in [3.8, 4) is 17.6 Å². The number of hydrogen-bond donors (Lipinski definition) is 0. The summed E-state index contributed by atoms with van der Waals surface area (Å²) in [5, 5.41) is 13.0. The molecule has 80 valence electrons. The lowest BCUT2D eigenvalue weighted by atomic mass is 10.1. The number of aromatic nitrogens is 4. The molecule has 0 aliphatic heterocycles. The summed E-state index contributed by atoms with van der Waals surface area (Å²) >= 11 is 0. The van der Waals surface area contributed by atoms with Crippen molar-refractivity contribution >= 4 is 0 Å². The van der Waals surface area contributed by atoms with Crippen molar-refractivity contribution in [2.45, 2.75) is 13.8 Å². The van der Waals surface area contributed by atoms with Crippen molar-refractivity contribution in [1.29, 1.82) is 5.26 Å². The highest BCUT2D eigenvalue weighted by atomic mass is 15.3. The Bertz CT molecular complexity index is 557. The molecule has 16 heavy (non-hydrogen) atoms. The molecule has 2 rings (SSSR count). The van der Waals surface area contributed by atoms with Crippen LogP contribution in [-0.4, -0.2) is 19.7 Å². The van der Waals surface area contributed by atoms with Crippen molar-refractivity contribution in [2.75, 3.05) is 0 Å². The first kappa shape index (κ1) is 10.3. The molecule has 0 saturated heterocycles. The number of hydrogen-bond acceptors (Lipinski definition) is 4. The van der Waals surface area contributed by atoms with E-state index in [-0.39, 0.29) is 0 Å². The van der Waals surface area contributed by atoms with Gasteiger partial charge in [0.05, 0.1) is 5.56 Å². The maximum atomic E-state index is 8.80. The lowest BCUT2D eigenvalue weighted by molar-refractivity contribution is 0.735. The monoisotopic (exact) mass is 213 g/mol. The Hall–Kier alpha value is -2.22. The fourth-order valence-electron chi connectivity index (χ4n) is 1.37. The Morgan fingerprint density at radius 1 is 1.38 bits per heavy atom. The van der Waals surface area contributed by atoms with Crippen LogP contribution in [0.15, 0.2) is 12.3 Å². The van der Waals surface area contributed by atoms with Gasteiger partial charge in [-0.25, -0.2) is 4.98 Å². The Balaban J connectivity index is 2.50. The lowest BCUT2D eigenvalue weighted by Gasteiger charge is -1.98. The van der Waals surface area contributed by atoms with Crippen LogP contribution in [0.3, 0.4) is 0 Å². The molecule has 0 fully saturated rings. The molecule has 0 aromatic carbocycles. The third-order valence-corrected chi connectivity index (χ3v) is 2.44.